The van der Waals surface area contributed by atoms with Crippen molar-refractivity contribution in [2.45, 2.75) is 39.2 Å². The third kappa shape index (κ3) is 6.40. The summed E-state index contributed by atoms with van der Waals surface area (Å²) in [6.45, 7) is 6.39. The number of amides is 1. The van der Waals surface area contributed by atoms with Crippen molar-refractivity contribution in [1.82, 2.24) is 10.2 Å². The monoisotopic (exact) mass is 320 g/mol. The Bertz CT molecular complexity index is 524. The molecular weight excluding hydrogens is 292 g/mol. The first-order valence-electron chi connectivity index (χ1n) is 7.97. The molecule has 0 aliphatic rings. The number of rotatable bonds is 8. The summed E-state index contributed by atoms with van der Waals surface area (Å²) in [5, 5.41) is 11.8. The van der Waals surface area contributed by atoms with Crippen LogP contribution in [0.15, 0.2) is 24.3 Å². The van der Waals surface area contributed by atoms with Crippen LogP contribution in [0.1, 0.15) is 37.8 Å². The largest absolute Gasteiger partial charge is 0.480 e. The number of carboxylic acid groups (broad SMARTS) is 1. The van der Waals surface area contributed by atoms with Crippen LogP contribution in [-0.2, 0) is 16.0 Å². The fourth-order valence-electron chi connectivity index (χ4n) is 2.41. The molecule has 0 aromatic heterocycles. The molecule has 5 heteroatoms. The van der Waals surface area contributed by atoms with Crippen LogP contribution in [0.4, 0.5) is 0 Å². The van der Waals surface area contributed by atoms with Gasteiger partial charge in [-0.3, -0.25) is 4.79 Å². The SMILES string of the molecule is CC(C)Cc1ccc([C@@H](C)C(=O)N[C@@H](CN(C)C)C(=O)O)cc1. The standard InChI is InChI=1S/C18H28N2O3/c1-12(2)10-14-6-8-15(9-7-14)13(3)17(21)19-16(18(22)23)11-20(4)5/h6-9,12-13,16H,10-11H2,1-5H3,(H,19,21)(H,22,23)/t13-,16+/m1/s1. The maximum Gasteiger partial charge on any atom is 0.327 e. The van der Waals surface area contributed by atoms with Crippen molar-refractivity contribution in [3.8, 4) is 0 Å². The second-order valence-electron chi connectivity index (χ2n) is 6.72. The molecule has 128 valence electrons. The van der Waals surface area contributed by atoms with Crippen molar-refractivity contribution < 1.29 is 14.7 Å². The number of benzene rings is 1. The van der Waals surface area contributed by atoms with E-state index in [1.165, 1.54) is 5.56 Å². The molecule has 0 fully saturated rings. The number of carboxylic acids is 1. The first-order valence-corrected chi connectivity index (χ1v) is 7.97. The van der Waals surface area contributed by atoms with E-state index in [0.29, 0.717) is 5.92 Å². The Morgan fingerprint density at radius 3 is 2.13 bits per heavy atom. The van der Waals surface area contributed by atoms with Crippen molar-refractivity contribution in [2.75, 3.05) is 20.6 Å². The van der Waals surface area contributed by atoms with Gasteiger partial charge in [-0.1, -0.05) is 38.1 Å². The number of likely N-dealkylation sites (N-methyl/N-ethyl adjacent to an activating group) is 1. The van der Waals surface area contributed by atoms with E-state index in [2.05, 4.69) is 19.2 Å². The number of hydrogen-bond acceptors (Lipinski definition) is 3. The van der Waals surface area contributed by atoms with E-state index in [9.17, 15) is 14.7 Å². The molecule has 0 saturated carbocycles. The molecule has 2 N–H and O–H groups in total. The van der Waals surface area contributed by atoms with Crippen LogP contribution in [0.3, 0.4) is 0 Å². The molecular formula is C18H28N2O3. The van der Waals surface area contributed by atoms with Crippen molar-refractivity contribution in [2.24, 2.45) is 5.92 Å². The Morgan fingerprint density at radius 2 is 1.70 bits per heavy atom. The quantitative estimate of drug-likeness (QED) is 0.770. The van der Waals surface area contributed by atoms with Crippen LogP contribution in [-0.4, -0.2) is 48.6 Å². The van der Waals surface area contributed by atoms with Gasteiger partial charge in [-0.05, 0) is 44.5 Å². The highest BCUT2D eigenvalue weighted by atomic mass is 16.4. The number of nitrogens with one attached hydrogen (secondary N) is 1. The molecule has 0 spiro atoms. The summed E-state index contributed by atoms with van der Waals surface area (Å²) >= 11 is 0. The zero-order valence-corrected chi connectivity index (χ0v) is 14.7. The summed E-state index contributed by atoms with van der Waals surface area (Å²) in [5.41, 5.74) is 2.14. The van der Waals surface area contributed by atoms with E-state index >= 15 is 0 Å². The van der Waals surface area contributed by atoms with Gasteiger partial charge < -0.3 is 15.3 Å². The van der Waals surface area contributed by atoms with Gasteiger partial charge in [0.25, 0.3) is 0 Å². The Kier molecular flexibility index (Phi) is 7.23. The zero-order valence-electron chi connectivity index (χ0n) is 14.7. The van der Waals surface area contributed by atoms with Crippen LogP contribution in [0, 0.1) is 5.92 Å². The van der Waals surface area contributed by atoms with E-state index in [1.807, 2.05) is 24.3 Å². The molecule has 2 atom stereocenters. The summed E-state index contributed by atoms with van der Waals surface area (Å²) in [6, 6.07) is 7.06. The molecule has 0 bridgehead atoms. The number of carbonyl (C=O) groups is 2. The van der Waals surface area contributed by atoms with Crippen LogP contribution in [0.2, 0.25) is 0 Å². The highest BCUT2D eigenvalue weighted by Gasteiger charge is 2.24. The maximum absolute atomic E-state index is 12.3. The predicted molar refractivity (Wildman–Crippen MR) is 91.5 cm³/mol. The molecule has 0 unspecified atom stereocenters. The fraction of sp³-hybridized carbons (Fsp3) is 0.556. The Hall–Kier alpha value is -1.88. The topological polar surface area (TPSA) is 69.6 Å². The first kappa shape index (κ1) is 19.2. The van der Waals surface area contributed by atoms with Crippen LogP contribution in [0.25, 0.3) is 0 Å². The van der Waals surface area contributed by atoms with Gasteiger partial charge in [-0.2, -0.15) is 0 Å². The summed E-state index contributed by atoms with van der Waals surface area (Å²) in [4.78, 5) is 25.3. The van der Waals surface area contributed by atoms with Gasteiger partial charge in [-0.25, -0.2) is 4.79 Å². The van der Waals surface area contributed by atoms with Crippen LogP contribution in [0.5, 0.6) is 0 Å². The van der Waals surface area contributed by atoms with Crippen molar-refractivity contribution >= 4 is 11.9 Å². The normalized spacial score (nSPS) is 13.9. The van der Waals surface area contributed by atoms with E-state index in [1.54, 1.807) is 25.9 Å². The highest BCUT2D eigenvalue weighted by molar-refractivity contribution is 5.87. The molecule has 23 heavy (non-hydrogen) atoms. The summed E-state index contributed by atoms with van der Waals surface area (Å²) in [6.07, 6.45) is 1.00. The number of nitrogens with zero attached hydrogens (tertiary/aromatic N) is 1. The van der Waals surface area contributed by atoms with Crippen molar-refractivity contribution in [3.05, 3.63) is 35.4 Å². The Labute approximate surface area is 138 Å². The lowest BCUT2D eigenvalue weighted by atomic mass is 9.96. The lowest BCUT2D eigenvalue weighted by molar-refractivity contribution is -0.142. The van der Waals surface area contributed by atoms with E-state index in [0.717, 1.165) is 12.0 Å². The first-order chi connectivity index (χ1) is 10.7. The van der Waals surface area contributed by atoms with Crippen LogP contribution >= 0.6 is 0 Å². The minimum atomic E-state index is -1.02. The zero-order chi connectivity index (χ0) is 17.6. The van der Waals surface area contributed by atoms with Gasteiger partial charge in [-0.15, -0.1) is 0 Å². The second-order valence-corrected chi connectivity index (χ2v) is 6.72. The second kappa shape index (κ2) is 8.67. The molecule has 0 heterocycles. The summed E-state index contributed by atoms with van der Waals surface area (Å²) in [5.74, 6) is -1.08. The average molecular weight is 320 g/mol. The Morgan fingerprint density at radius 1 is 1.13 bits per heavy atom. The molecule has 1 rings (SSSR count). The summed E-state index contributed by atoms with van der Waals surface area (Å²) in [7, 11) is 3.55. The molecule has 1 aromatic carbocycles. The van der Waals surface area contributed by atoms with Gasteiger partial charge >= 0.3 is 5.97 Å². The average Bonchev–Trinajstić information content (AvgIpc) is 2.45. The molecule has 5 nitrogen and oxygen atoms in total. The van der Waals surface area contributed by atoms with Gasteiger partial charge in [0.05, 0.1) is 5.92 Å². The van der Waals surface area contributed by atoms with Gasteiger partial charge in [0.2, 0.25) is 5.91 Å². The van der Waals surface area contributed by atoms with Crippen molar-refractivity contribution in [1.29, 1.82) is 0 Å². The van der Waals surface area contributed by atoms with E-state index < -0.39 is 12.0 Å². The minimum absolute atomic E-state index is 0.265. The summed E-state index contributed by atoms with van der Waals surface area (Å²) < 4.78 is 0. The fourth-order valence-corrected chi connectivity index (χ4v) is 2.41. The van der Waals surface area contributed by atoms with E-state index in [4.69, 9.17) is 0 Å². The highest BCUT2D eigenvalue weighted by Crippen LogP contribution is 2.18. The van der Waals surface area contributed by atoms with Crippen LogP contribution < -0.4 is 5.32 Å². The molecule has 0 aliphatic heterocycles. The van der Waals surface area contributed by atoms with Gasteiger partial charge in [0, 0.05) is 6.54 Å². The molecule has 0 saturated heterocycles. The Balaban J connectivity index is 2.73. The smallest absolute Gasteiger partial charge is 0.327 e. The lowest BCUT2D eigenvalue weighted by Gasteiger charge is -2.21. The maximum atomic E-state index is 12.3. The van der Waals surface area contributed by atoms with Gasteiger partial charge in [0.15, 0.2) is 0 Å². The minimum Gasteiger partial charge on any atom is -0.480 e. The third-order valence-electron chi connectivity index (χ3n) is 3.68. The number of aliphatic carboxylic acids is 1. The van der Waals surface area contributed by atoms with Crippen molar-refractivity contribution in [3.63, 3.8) is 0 Å². The molecule has 1 aromatic rings. The molecule has 1 amide bonds. The number of carbonyl (C=O) groups excluding carboxylic acids is 1. The predicted octanol–water partition coefficient (Wildman–Crippen LogP) is 2.12. The molecule has 0 radical (unpaired) electrons. The number of hydrogen-bond donors (Lipinski definition) is 2. The third-order valence-corrected chi connectivity index (χ3v) is 3.68. The molecule has 0 aliphatic carbocycles. The lowest BCUT2D eigenvalue weighted by Crippen LogP contribution is -2.48. The van der Waals surface area contributed by atoms with E-state index in [-0.39, 0.29) is 18.4 Å². The van der Waals surface area contributed by atoms with Gasteiger partial charge in [0.1, 0.15) is 6.04 Å².